The van der Waals surface area contributed by atoms with E-state index in [1.54, 1.807) is 6.07 Å². The van der Waals surface area contributed by atoms with E-state index >= 15 is 0 Å². The zero-order chi connectivity index (χ0) is 18.5. The van der Waals surface area contributed by atoms with Crippen molar-refractivity contribution in [2.75, 3.05) is 24.5 Å². The molecule has 0 N–H and O–H groups in total. The Labute approximate surface area is 153 Å². The van der Waals surface area contributed by atoms with E-state index in [9.17, 15) is 15.4 Å². The van der Waals surface area contributed by atoms with Crippen LogP contribution in [0.1, 0.15) is 24.5 Å². The number of anilines is 1. The fourth-order valence-electron chi connectivity index (χ4n) is 3.57. The van der Waals surface area contributed by atoms with E-state index < -0.39 is 4.92 Å². The Hall–Kier alpha value is -2.91. The van der Waals surface area contributed by atoms with Crippen LogP contribution < -0.4 is 4.90 Å². The van der Waals surface area contributed by atoms with E-state index in [1.165, 1.54) is 17.7 Å². The molecule has 1 heterocycles. The SMILES string of the molecule is CC1CN(Cc2ccccc2)CCCN1c1ccc([N+](=O)[O-])cc1C#N. The van der Waals surface area contributed by atoms with Crippen molar-refractivity contribution < 1.29 is 4.92 Å². The summed E-state index contributed by atoms with van der Waals surface area (Å²) in [4.78, 5) is 15.1. The maximum Gasteiger partial charge on any atom is 0.270 e. The van der Waals surface area contributed by atoms with Gasteiger partial charge in [0.25, 0.3) is 5.69 Å². The summed E-state index contributed by atoms with van der Waals surface area (Å²) in [6.45, 7) is 5.76. The van der Waals surface area contributed by atoms with Gasteiger partial charge in [-0.05, 0) is 25.0 Å². The van der Waals surface area contributed by atoms with Crippen LogP contribution >= 0.6 is 0 Å². The van der Waals surface area contributed by atoms with Crippen LogP contribution in [0.5, 0.6) is 0 Å². The van der Waals surface area contributed by atoms with Gasteiger partial charge in [0.1, 0.15) is 6.07 Å². The minimum absolute atomic E-state index is 0.0431. The molecule has 0 radical (unpaired) electrons. The van der Waals surface area contributed by atoms with Crippen LogP contribution in [0, 0.1) is 21.4 Å². The van der Waals surface area contributed by atoms with Gasteiger partial charge in [-0.25, -0.2) is 0 Å². The van der Waals surface area contributed by atoms with Crippen molar-refractivity contribution in [1.82, 2.24) is 4.90 Å². The molecule has 0 aromatic heterocycles. The molecule has 0 bridgehead atoms. The highest BCUT2D eigenvalue weighted by Gasteiger charge is 2.24. The lowest BCUT2D eigenvalue weighted by molar-refractivity contribution is -0.384. The number of nitriles is 1. The fourth-order valence-corrected chi connectivity index (χ4v) is 3.57. The van der Waals surface area contributed by atoms with Crippen LogP contribution in [0.25, 0.3) is 0 Å². The van der Waals surface area contributed by atoms with E-state index in [1.807, 2.05) is 6.07 Å². The minimum atomic E-state index is -0.460. The Balaban J connectivity index is 1.78. The summed E-state index contributed by atoms with van der Waals surface area (Å²) in [5.41, 5.74) is 2.40. The van der Waals surface area contributed by atoms with Crippen molar-refractivity contribution >= 4 is 11.4 Å². The van der Waals surface area contributed by atoms with E-state index in [0.29, 0.717) is 5.56 Å². The van der Waals surface area contributed by atoms with Crippen molar-refractivity contribution in [3.8, 4) is 6.07 Å². The standard InChI is InChI=1S/C20H22N4O2/c1-16-14-22(15-17-6-3-2-4-7-17)10-5-11-23(16)20-9-8-19(24(25)26)12-18(20)13-21/h2-4,6-9,12,16H,5,10-11,14-15H2,1H3. The second-order valence-electron chi connectivity index (χ2n) is 6.69. The first kappa shape index (κ1) is 17.9. The molecule has 0 amide bonds. The first-order valence-corrected chi connectivity index (χ1v) is 8.80. The number of nitrogens with zero attached hydrogens (tertiary/aromatic N) is 4. The zero-order valence-corrected chi connectivity index (χ0v) is 14.8. The average molecular weight is 350 g/mol. The lowest BCUT2D eigenvalue weighted by Gasteiger charge is -2.31. The molecule has 0 spiro atoms. The Bertz CT molecular complexity index is 816. The van der Waals surface area contributed by atoms with Gasteiger partial charge in [0.15, 0.2) is 0 Å². The normalized spacial score (nSPS) is 18.2. The van der Waals surface area contributed by atoms with Crippen LogP contribution in [0.15, 0.2) is 48.5 Å². The van der Waals surface area contributed by atoms with E-state index in [2.05, 4.69) is 47.1 Å². The molecule has 0 aliphatic carbocycles. The quantitative estimate of drug-likeness (QED) is 0.622. The summed E-state index contributed by atoms with van der Waals surface area (Å²) in [5.74, 6) is 0. The topological polar surface area (TPSA) is 73.4 Å². The van der Waals surface area contributed by atoms with Crippen molar-refractivity contribution in [3.05, 3.63) is 69.8 Å². The first-order valence-electron chi connectivity index (χ1n) is 8.80. The van der Waals surface area contributed by atoms with Gasteiger partial charge < -0.3 is 4.90 Å². The molecule has 2 aromatic carbocycles. The van der Waals surface area contributed by atoms with Crippen LogP contribution in [-0.4, -0.2) is 35.5 Å². The predicted octanol–water partition coefficient (Wildman–Crippen LogP) is 3.57. The van der Waals surface area contributed by atoms with Crippen LogP contribution in [-0.2, 0) is 6.54 Å². The molecule has 6 heteroatoms. The van der Waals surface area contributed by atoms with Gasteiger partial charge in [0.2, 0.25) is 0 Å². The van der Waals surface area contributed by atoms with Gasteiger partial charge >= 0.3 is 0 Å². The Morgan fingerprint density at radius 2 is 2.00 bits per heavy atom. The number of non-ortho nitro benzene ring substituents is 1. The molecule has 1 aliphatic rings. The number of hydrogen-bond acceptors (Lipinski definition) is 5. The molecule has 1 saturated heterocycles. The molecular formula is C20H22N4O2. The molecule has 6 nitrogen and oxygen atoms in total. The largest absolute Gasteiger partial charge is 0.366 e. The summed E-state index contributed by atoms with van der Waals surface area (Å²) in [5, 5.41) is 20.4. The summed E-state index contributed by atoms with van der Waals surface area (Å²) in [6, 6.07) is 17.3. The number of nitro groups is 1. The van der Waals surface area contributed by atoms with Gasteiger partial charge in [-0.3, -0.25) is 15.0 Å². The maximum absolute atomic E-state index is 11.0. The predicted molar refractivity (Wildman–Crippen MR) is 101 cm³/mol. The van der Waals surface area contributed by atoms with Crippen molar-refractivity contribution in [2.45, 2.75) is 25.9 Å². The zero-order valence-electron chi connectivity index (χ0n) is 14.8. The molecule has 1 aliphatic heterocycles. The van der Waals surface area contributed by atoms with E-state index in [4.69, 9.17) is 0 Å². The molecule has 3 rings (SSSR count). The monoisotopic (exact) mass is 350 g/mol. The van der Waals surface area contributed by atoms with Gasteiger partial charge in [-0.1, -0.05) is 30.3 Å². The third-order valence-corrected chi connectivity index (χ3v) is 4.80. The van der Waals surface area contributed by atoms with Crippen LogP contribution in [0.3, 0.4) is 0 Å². The number of rotatable bonds is 4. The molecule has 1 fully saturated rings. The van der Waals surface area contributed by atoms with Crippen molar-refractivity contribution in [2.24, 2.45) is 0 Å². The van der Waals surface area contributed by atoms with Gasteiger partial charge in [-0.15, -0.1) is 0 Å². The highest BCUT2D eigenvalue weighted by molar-refractivity contribution is 5.63. The Morgan fingerprint density at radius 1 is 1.23 bits per heavy atom. The summed E-state index contributed by atoms with van der Waals surface area (Å²) in [6.07, 6.45) is 0.985. The second-order valence-corrected chi connectivity index (χ2v) is 6.69. The van der Waals surface area contributed by atoms with Crippen LogP contribution in [0.4, 0.5) is 11.4 Å². The van der Waals surface area contributed by atoms with Crippen molar-refractivity contribution in [1.29, 1.82) is 5.26 Å². The lowest BCUT2D eigenvalue weighted by atomic mass is 10.1. The molecule has 1 unspecified atom stereocenters. The van der Waals surface area contributed by atoms with E-state index in [-0.39, 0.29) is 11.7 Å². The number of hydrogen-bond donors (Lipinski definition) is 0. The van der Waals surface area contributed by atoms with E-state index in [0.717, 1.165) is 38.3 Å². The molecule has 134 valence electrons. The molecule has 0 saturated carbocycles. The minimum Gasteiger partial charge on any atom is -0.366 e. The maximum atomic E-state index is 11.0. The summed E-state index contributed by atoms with van der Waals surface area (Å²) >= 11 is 0. The molecule has 2 aromatic rings. The van der Waals surface area contributed by atoms with Crippen molar-refractivity contribution in [3.63, 3.8) is 0 Å². The highest BCUT2D eigenvalue weighted by atomic mass is 16.6. The van der Waals surface area contributed by atoms with Gasteiger partial charge in [-0.2, -0.15) is 5.26 Å². The lowest BCUT2D eigenvalue weighted by Crippen LogP contribution is -2.39. The smallest absolute Gasteiger partial charge is 0.270 e. The third-order valence-electron chi connectivity index (χ3n) is 4.80. The molecule has 26 heavy (non-hydrogen) atoms. The van der Waals surface area contributed by atoms with Gasteiger partial charge in [0.05, 0.1) is 16.2 Å². The fraction of sp³-hybridized carbons (Fsp3) is 0.350. The number of benzene rings is 2. The molecule has 1 atom stereocenters. The summed E-state index contributed by atoms with van der Waals surface area (Å²) < 4.78 is 0. The number of nitro benzene ring substituents is 1. The summed E-state index contributed by atoms with van der Waals surface area (Å²) in [7, 11) is 0. The average Bonchev–Trinajstić information content (AvgIpc) is 2.83. The van der Waals surface area contributed by atoms with Gasteiger partial charge in [0, 0.05) is 44.4 Å². The first-order chi connectivity index (χ1) is 12.6. The Kier molecular flexibility index (Phi) is 5.49. The highest BCUT2D eigenvalue weighted by Crippen LogP contribution is 2.28. The van der Waals surface area contributed by atoms with Crippen LogP contribution in [0.2, 0.25) is 0 Å². The second kappa shape index (κ2) is 7.98. The molecular weight excluding hydrogens is 328 g/mol. The Morgan fingerprint density at radius 3 is 2.69 bits per heavy atom. The third kappa shape index (κ3) is 4.01.